The molecule has 1 unspecified atom stereocenters. The van der Waals surface area contributed by atoms with E-state index in [1.165, 1.54) is 7.11 Å². The van der Waals surface area contributed by atoms with Gasteiger partial charge in [0.1, 0.15) is 9.77 Å². The average Bonchev–Trinajstić information content (AvgIpc) is 2.93. The van der Waals surface area contributed by atoms with E-state index < -0.39 is 16.0 Å². The summed E-state index contributed by atoms with van der Waals surface area (Å²) in [5.41, 5.74) is 5.70. The molecule has 0 aliphatic heterocycles. The third-order valence-electron chi connectivity index (χ3n) is 3.55. The van der Waals surface area contributed by atoms with Crippen molar-refractivity contribution in [1.82, 2.24) is 4.72 Å². The third kappa shape index (κ3) is 3.94. The van der Waals surface area contributed by atoms with E-state index in [0.717, 1.165) is 11.3 Å². The Kier molecular flexibility index (Phi) is 5.97. The lowest BCUT2D eigenvalue weighted by atomic mass is 10.1. The molecule has 0 fully saturated rings. The van der Waals surface area contributed by atoms with E-state index >= 15 is 0 Å². The van der Waals surface area contributed by atoms with E-state index in [1.807, 2.05) is 13.8 Å². The summed E-state index contributed by atoms with van der Waals surface area (Å²) < 4.78 is 34.0. The molecule has 0 bridgehead atoms. The summed E-state index contributed by atoms with van der Waals surface area (Å²) in [6.07, 6.45) is 0.616. The zero-order chi connectivity index (χ0) is 17.9. The summed E-state index contributed by atoms with van der Waals surface area (Å²) in [5.74, 6) is -0.370. The van der Waals surface area contributed by atoms with Crippen LogP contribution in [0.4, 0.5) is 0 Å². The van der Waals surface area contributed by atoms with Gasteiger partial charge in [-0.2, -0.15) is 0 Å². The smallest absolute Gasteiger partial charge is 0.349 e. The minimum absolute atomic E-state index is 0.0304. The van der Waals surface area contributed by atoms with Crippen molar-refractivity contribution in [2.24, 2.45) is 11.7 Å². The molecule has 1 heterocycles. The van der Waals surface area contributed by atoms with Crippen molar-refractivity contribution in [3.8, 4) is 0 Å². The van der Waals surface area contributed by atoms with E-state index in [9.17, 15) is 13.2 Å². The predicted molar refractivity (Wildman–Crippen MR) is 95.8 cm³/mol. The summed E-state index contributed by atoms with van der Waals surface area (Å²) in [4.78, 5) is 12.1. The fourth-order valence-electron chi connectivity index (χ4n) is 2.56. The topological polar surface area (TPSA) is 98.5 Å². The van der Waals surface area contributed by atoms with Crippen molar-refractivity contribution in [1.29, 1.82) is 0 Å². The lowest BCUT2D eigenvalue weighted by Crippen LogP contribution is -2.41. The van der Waals surface area contributed by atoms with Gasteiger partial charge in [-0.05, 0) is 18.4 Å². The van der Waals surface area contributed by atoms with Gasteiger partial charge in [-0.1, -0.05) is 32.0 Å². The minimum Gasteiger partial charge on any atom is -0.465 e. The van der Waals surface area contributed by atoms with E-state index in [-0.39, 0.29) is 22.4 Å². The van der Waals surface area contributed by atoms with Gasteiger partial charge in [-0.3, -0.25) is 0 Å². The number of hydrogen-bond acceptors (Lipinski definition) is 6. The van der Waals surface area contributed by atoms with Crippen LogP contribution in [0.15, 0.2) is 29.2 Å². The molecule has 0 aliphatic rings. The second-order valence-electron chi connectivity index (χ2n) is 5.93. The van der Waals surface area contributed by atoms with Gasteiger partial charge in [0, 0.05) is 22.7 Å². The number of esters is 1. The van der Waals surface area contributed by atoms with Gasteiger partial charge in [0.25, 0.3) is 0 Å². The molecule has 2 rings (SSSR count). The van der Waals surface area contributed by atoms with Crippen LogP contribution in [0.5, 0.6) is 0 Å². The average molecular weight is 370 g/mol. The van der Waals surface area contributed by atoms with Crippen LogP contribution >= 0.6 is 11.3 Å². The first-order valence-corrected chi connectivity index (χ1v) is 9.92. The van der Waals surface area contributed by atoms with Gasteiger partial charge >= 0.3 is 5.97 Å². The number of benzene rings is 1. The maximum absolute atomic E-state index is 12.9. The van der Waals surface area contributed by atoms with Gasteiger partial charge < -0.3 is 10.5 Å². The largest absolute Gasteiger partial charge is 0.465 e. The van der Waals surface area contributed by atoms with E-state index in [0.29, 0.717) is 22.4 Å². The maximum Gasteiger partial charge on any atom is 0.349 e. The molecule has 1 atom stereocenters. The molecular weight excluding hydrogens is 348 g/mol. The Labute approximate surface area is 146 Å². The molecule has 24 heavy (non-hydrogen) atoms. The van der Waals surface area contributed by atoms with Crippen molar-refractivity contribution in [3.63, 3.8) is 0 Å². The zero-order valence-corrected chi connectivity index (χ0v) is 15.5. The molecule has 8 heteroatoms. The molecule has 0 amide bonds. The molecule has 3 N–H and O–H groups in total. The number of methoxy groups -OCH3 is 1. The molecule has 1 aromatic heterocycles. The number of nitrogens with one attached hydrogen (secondary N) is 1. The zero-order valence-electron chi connectivity index (χ0n) is 13.9. The van der Waals surface area contributed by atoms with E-state index in [4.69, 9.17) is 10.5 Å². The highest BCUT2D eigenvalue weighted by Crippen LogP contribution is 2.35. The Balaban J connectivity index is 2.54. The number of rotatable bonds is 7. The number of carbonyl (C=O) groups is 1. The first-order chi connectivity index (χ1) is 11.3. The number of thiophene rings is 1. The van der Waals surface area contributed by atoms with E-state index in [1.54, 1.807) is 24.3 Å². The standard InChI is InChI=1S/C16H22N2O4S2/c1-10(2)8-11(9-17)18-24(20,21)15-12-6-4-5-7-13(12)23-14(15)16(19)22-3/h4-7,10-11,18H,8-9,17H2,1-3H3. The quantitative estimate of drug-likeness (QED) is 0.729. The number of fused-ring (bicyclic) bond motifs is 1. The summed E-state index contributed by atoms with van der Waals surface area (Å²) in [5, 5.41) is 0.510. The summed E-state index contributed by atoms with van der Waals surface area (Å²) in [7, 11) is -2.67. The highest BCUT2D eigenvalue weighted by atomic mass is 32.2. The molecule has 0 aliphatic carbocycles. The second-order valence-corrected chi connectivity index (χ2v) is 8.63. The minimum atomic E-state index is -3.91. The van der Waals surface area contributed by atoms with E-state index in [2.05, 4.69) is 4.72 Å². The van der Waals surface area contributed by atoms with Crippen LogP contribution in [0.25, 0.3) is 10.1 Å². The molecule has 0 saturated carbocycles. The Morgan fingerprint density at radius 1 is 1.33 bits per heavy atom. The van der Waals surface area contributed by atoms with Crippen molar-refractivity contribution < 1.29 is 17.9 Å². The van der Waals surface area contributed by atoms with Gasteiger partial charge in [0.2, 0.25) is 10.0 Å². The molecule has 0 saturated heterocycles. The Hall–Kier alpha value is -1.48. The van der Waals surface area contributed by atoms with Crippen molar-refractivity contribution in [2.75, 3.05) is 13.7 Å². The summed E-state index contributed by atoms with van der Waals surface area (Å²) in [6, 6.07) is 6.61. The molecule has 0 spiro atoms. The monoisotopic (exact) mass is 370 g/mol. The number of ether oxygens (including phenoxy) is 1. The Morgan fingerprint density at radius 3 is 2.58 bits per heavy atom. The lowest BCUT2D eigenvalue weighted by Gasteiger charge is -2.19. The highest BCUT2D eigenvalue weighted by Gasteiger charge is 2.30. The number of hydrogen-bond donors (Lipinski definition) is 2. The lowest BCUT2D eigenvalue weighted by molar-refractivity contribution is 0.0602. The van der Waals surface area contributed by atoms with Crippen LogP contribution in [-0.2, 0) is 14.8 Å². The van der Waals surface area contributed by atoms with Crippen molar-refractivity contribution in [3.05, 3.63) is 29.1 Å². The molecular formula is C16H22N2O4S2. The van der Waals surface area contributed by atoms with Crippen LogP contribution in [0.2, 0.25) is 0 Å². The molecule has 1 aromatic carbocycles. The number of nitrogens with two attached hydrogens (primary N) is 1. The summed E-state index contributed by atoms with van der Waals surface area (Å²) in [6.45, 7) is 4.18. The van der Waals surface area contributed by atoms with Crippen LogP contribution < -0.4 is 10.5 Å². The van der Waals surface area contributed by atoms with Crippen LogP contribution in [-0.4, -0.2) is 34.1 Å². The second kappa shape index (κ2) is 7.60. The Morgan fingerprint density at radius 2 is 2.00 bits per heavy atom. The fraction of sp³-hybridized carbons (Fsp3) is 0.438. The van der Waals surface area contributed by atoms with Crippen molar-refractivity contribution >= 4 is 37.4 Å². The van der Waals surface area contributed by atoms with Crippen LogP contribution in [0.1, 0.15) is 29.9 Å². The highest BCUT2D eigenvalue weighted by molar-refractivity contribution is 7.90. The maximum atomic E-state index is 12.9. The van der Waals surface area contributed by atoms with Crippen LogP contribution in [0, 0.1) is 5.92 Å². The number of sulfonamides is 1. The SMILES string of the molecule is COC(=O)c1sc2ccccc2c1S(=O)(=O)NC(CN)CC(C)C. The fourth-order valence-corrected chi connectivity index (χ4v) is 5.63. The number of carbonyl (C=O) groups excluding carboxylic acids is 1. The molecule has 6 nitrogen and oxygen atoms in total. The first-order valence-electron chi connectivity index (χ1n) is 7.62. The summed E-state index contributed by atoms with van der Waals surface area (Å²) >= 11 is 1.11. The first kappa shape index (κ1) is 18.9. The third-order valence-corrected chi connectivity index (χ3v) is 6.44. The molecule has 132 valence electrons. The van der Waals surface area contributed by atoms with Gasteiger partial charge in [-0.15, -0.1) is 11.3 Å². The Bertz CT molecular complexity index is 828. The molecule has 0 radical (unpaired) electrons. The predicted octanol–water partition coefficient (Wildman–Crippen LogP) is 2.34. The van der Waals surface area contributed by atoms with Gasteiger partial charge in [0.05, 0.1) is 7.11 Å². The van der Waals surface area contributed by atoms with Gasteiger partial charge in [0.15, 0.2) is 0 Å². The molecule has 2 aromatic rings. The normalized spacial score (nSPS) is 13.4. The van der Waals surface area contributed by atoms with Crippen molar-refractivity contribution in [2.45, 2.75) is 31.2 Å². The van der Waals surface area contributed by atoms with Gasteiger partial charge in [-0.25, -0.2) is 17.9 Å². The van der Waals surface area contributed by atoms with Crippen LogP contribution in [0.3, 0.4) is 0 Å².